The molecule has 1 aliphatic carbocycles. The molecule has 0 fully saturated rings. The van der Waals surface area contributed by atoms with E-state index in [1.807, 2.05) is 55.6 Å². The maximum atomic E-state index is 13.7. The third-order valence-electron chi connectivity index (χ3n) is 6.86. The first-order valence-corrected chi connectivity index (χ1v) is 14.2. The van der Waals surface area contributed by atoms with Crippen molar-refractivity contribution in [3.8, 4) is 5.75 Å². The Balaban J connectivity index is 1.58. The Morgan fingerprint density at radius 2 is 1.86 bits per heavy atom. The second-order valence-corrected chi connectivity index (χ2v) is 10.8. The average molecular weight is 511 g/mol. The van der Waals surface area contributed by atoms with Gasteiger partial charge in [-0.15, -0.1) is 11.3 Å². The number of aliphatic imine (C=N–C) groups is 1. The highest BCUT2D eigenvalue weighted by atomic mass is 32.1. The van der Waals surface area contributed by atoms with E-state index in [9.17, 15) is 4.79 Å². The summed E-state index contributed by atoms with van der Waals surface area (Å²) < 4.78 is 6.10. The SMILES string of the molecule is CCCOc1ccc2ccccc2c1C=Nc1sc2c(c1C(=O)Nc1cccc(C)c1)CCCCCC2. The van der Waals surface area contributed by atoms with Gasteiger partial charge < -0.3 is 10.1 Å². The fourth-order valence-corrected chi connectivity index (χ4v) is 6.25. The molecule has 1 N–H and O–H groups in total. The number of rotatable bonds is 7. The maximum Gasteiger partial charge on any atom is 0.259 e. The predicted octanol–water partition coefficient (Wildman–Crippen LogP) is 8.66. The quantitative estimate of drug-likeness (QED) is 0.253. The summed E-state index contributed by atoms with van der Waals surface area (Å²) in [7, 11) is 0. The number of thiophene rings is 1. The molecule has 0 unspecified atom stereocenters. The van der Waals surface area contributed by atoms with Crippen LogP contribution in [0, 0.1) is 6.92 Å². The van der Waals surface area contributed by atoms with Crippen LogP contribution in [0.3, 0.4) is 0 Å². The largest absolute Gasteiger partial charge is 0.493 e. The van der Waals surface area contributed by atoms with Gasteiger partial charge in [-0.1, -0.05) is 62.2 Å². The van der Waals surface area contributed by atoms with Crippen molar-refractivity contribution >= 4 is 44.9 Å². The third kappa shape index (κ3) is 5.78. The molecule has 5 rings (SSSR count). The van der Waals surface area contributed by atoms with Crippen LogP contribution in [0.25, 0.3) is 10.8 Å². The first kappa shape index (κ1) is 25.2. The number of hydrogen-bond acceptors (Lipinski definition) is 4. The maximum absolute atomic E-state index is 13.7. The molecule has 5 heteroatoms. The fourth-order valence-electron chi connectivity index (χ4n) is 5.02. The topological polar surface area (TPSA) is 50.7 Å². The van der Waals surface area contributed by atoms with Crippen LogP contribution in [0.4, 0.5) is 10.7 Å². The van der Waals surface area contributed by atoms with Crippen molar-refractivity contribution in [2.45, 2.75) is 58.8 Å². The Morgan fingerprint density at radius 1 is 1.03 bits per heavy atom. The van der Waals surface area contributed by atoms with Gasteiger partial charge in [0.15, 0.2) is 0 Å². The molecule has 0 bridgehead atoms. The third-order valence-corrected chi connectivity index (χ3v) is 8.06. The van der Waals surface area contributed by atoms with E-state index < -0.39 is 0 Å². The van der Waals surface area contributed by atoms with E-state index in [1.54, 1.807) is 11.3 Å². The molecule has 1 aliphatic rings. The highest BCUT2D eigenvalue weighted by molar-refractivity contribution is 7.16. The number of nitrogens with one attached hydrogen (secondary N) is 1. The number of ether oxygens (including phenoxy) is 1. The average Bonchev–Trinajstić information content (AvgIpc) is 3.22. The van der Waals surface area contributed by atoms with Crippen molar-refractivity contribution in [2.75, 3.05) is 11.9 Å². The molecule has 4 nitrogen and oxygen atoms in total. The monoisotopic (exact) mass is 510 g/mol. The molecule has 190 valence electrons. The molecule has 0 saturated carbocycles. The summed E-state index contributed by atoms with van der Waals surface area (Å²) in [4.78, 5) is 20.0. The van der Waals surface area contributed by atoms with E-state index in [-0.39, 0.29) is 5.91 Å². The standard InChI is InChI=1S/C32H34N2O2S/c1-3-19-36-28-18-17-23-12-8-9-14-25(23)27(28)21-33-32-30(26-15-6-4-5-7-16-29(26)37-32)31(35)34-24-13-10-11-22(2)20-24/h8-14,17-18,20-21H,3-7,15-16,19H2,1-2H3,(H,34,35). The number of benzene rings is 3. The highest BCUT2D eigenvalue weighted by Crippen LogP contribution is 2.40. The Bertz CT molecular complexity index is 1440. The van der Waals surface area contributed by atoms with E-state index in [0.717, 1.165) is 76.0 Å². The van der Waals surface area contributed by atoms with Crippen LogP contribution in [0.2, 0.25) is 0 Å². The van der Waals surface area contributed by atoms with Gasteiger partial charge in [0.1, 0.15) is 10.8 Å². The Kier molecular flexibility index (Phi) is 8.00. The van der Waals surface area contributed by atoms with Gasteiger partial charge in [0.05, 0.1) is 12.2 Å². The van der Waals surface area contributed by atoms with Gasteiger partial charge in [-0.05, 0) is 79.1 Å². The summed E-state index contributed by atoms with van der Waals surface area (Å²) in [6.45, 7) is 4.79. The normalized spacial score (nSPS) is 13.8. The van der Waals surface area contributed by atoms with Gasteiger partial charge in [-0.2, -0.15) is 0 Å². The number of nitrogens with zero attached hydrogens (tertiary/aromatic N) is 1. The van der Waals surface area contributed by atoms with Gasteiger partial charge in [0, 0.05) is 22.3 Å². The Hall–Kier alpha value is -3.44. The summed E-state index contributed by atoms with van der Waals surface area (Å²) >= 11 is 1.68. The minimum Gasteiger partial charge on any atom is -0.493 e. The van der Waals surface area contributed by atoms with Crippen molar-refractivity contribution in [1.29, 1.82) is 0 Å². The molecule has 37 heavy (non-hydrogen) atoms. The van der Waals surface area contributed by atoms with E-state index >= 15 is 0 Å². The summed E-state index contributed by atoms with van der Waals surface area (Å²) in [5, 5.41) is 6.17. The lowest BCUT2D eigenvalue weighted by Gasteiger charge is -2.12. The smallest absolute Gasteiger partial charge is 0.259 e. The van der Waals surface area contributed by atoms with Crippen molar-refractivity contribution in [3.63, 3.8) is 0 Å². The minimum atomic E-state index is -0.0730. The van der Waals surface area contributed by atoms with Gasteiger partial charge in [-0.25, -0.2) is 4.99 Å². The zero-order chi connectivity index (χ0) is 25.6. The molecule has 0 aliphatic heterocycles. The van der Waals surface area contributed by atoms with E-state index in [1.165, 1.54) is 23.3 Å². The van der Waals surface area contributed by atoms with E-state index in [2.05, 4.69) is 30.4 Å². The summed E-state index contributed by atoms with van der Waals surface area (Å²) in [6, 6.07) is 20.4. The lowest BCUT2D eigenvalue weighted by Crippen LogP contribution is -2.14. The van der Waals surface area contributed by atoms with Crippen LogP contribution < -0.4 is 10.1 Å². The molecule has 1 aromatic heterocycles. The molecule has 4 aromatic rings. The summed E-state index contributed by atoms with van der Waals surface area (Å²) in [5.74, 6) is 0.751. The van der Waals surface area contributed by atoms with Crippen LogP contribution >= 0.6 is 11.3 Å². The predicted molar refractivity (Wildman–Crippen MR) is 156 cm³/mol. The molecule has 0 saturated heterocycles. The molecule has 0 spiro atoms. The van der Waals surface area contributed by atoms with Gasteiger partial charge in [0.2, 0.25) is 0 Å². The van der Waals surface area contributed by atoms with E-state index in [0.29, 0.717) is 6.61 Å². The second-order valence-electron chi connectivity index (χ2n) is 9.73. The number of carbonyl (C=O) groups is 1. The van der Waals surface area contributed by atoms with Gasteiger partial charge in [0.25, 0.3) is 5.91 Å². The Labute approximate surface area is 223 Å². The number of carbonyl (C=O) groups excluding carboxylic acids is 1. The zero-order valence-electron chi connectivity index (χ0n) is 21.7. The fraction of sp³-hybridized carbons (Fsp3) is 0.312. The molecular weight excluding hydrogens is 476 g/mol. The van der Waals surface area contributed by atoms with E-state index in [4.69, 9.17) is 9.73 Å². The molecule has 1 heterocycles. The van der Waals surface area contributed by atoms with Crippen LogP contribution in [0.5, 0.6) is 5.75 Å². The number of amides is 1. The summed E-state index contributed by atoms with van der Waals surface area (Å²) in [5.41, 5.74) is 4.80. The van der Waals surface area contributed by atoms with Crippen molar-refractivity contribution in [1.82, 2.24) is 0 Å². The minimum absolute atomic E-state index is 0.0730. The molecule has 0 radical (unpaired) electrons. The molecule has 1 amide bonds. The van der Waals surface area contributed by atoms with Crippen LogP contribution in [0.15, 0.2) is 65.7 Å². The molecular formula is C32H34N2O2S. The lowest BCUT2D eigenvalue weighted by molar-refractivity contribution is 0.102. The van der Waals surface area contributed by atoms with Gasteiger partial charge >= 0.3 is 0 Å². The second kappa shape index (κ2) is 11.7. The zero-order valence-corrected chi connectivity index (χ0v) is 22.5. The molecule has 0 atom stereocenters. The van der Waals surface area contributed by atoms with Crippen molar-refractivity contribution < 1.29 is 9.53 Å². The number of aryl methyl sites for hydroxylation is 2. The van der Waals surface area contributed by atoms with Crippen molar-refractivity contribution in [2.24, 2.45) is 4.99 Å². The first-order valence-electron chi connectivity index (χ1n) is 13.3. The highest BCUT2D eigenvalue weighted by Gasteiger charge is 2.24. The van der Waals surface area contributed by atoms with Gasteiger partial charge in [-0.3, -0.25) is 4.79 Å². The Morgan fingerprint density at radius 3 is 2.70 bits per heavy atom. The van der Waals surface area contributed by atoms with Crippen LogP contribution in [0.1, 0.15) is 71.0 Å². The first-order chi connectivity index (χ1) is 18.1. The van der Waals surface area contributed by atoms with Crippen LogP contribution in [-0.2, 0) is 12.8 Å². The summed E-state index contributed by atoms with van der Waals surface area (Å²) in [6.07, 6.45) is 9.50. The van der Waals surface area contributed by atoms with Crippen LogP contribution in [-0.4, -0.2) is 18.7 Å². The lowest BCUT2D eigenvalue weighted by atomic mass is 9.96. The van der Waals surface area contributed by atoms with Crippen molar-refractivity contribution in [3.05, 3.63) is 87.8 Å². The number of anilines is 1. The molecule has 3 aromatic carbocycles. The number of hydrogen-bond donors (Lipinski definition) is 1. The number of fused-ring (bicyclic) bond motifs is 2.